The largest absolute Gasteiger partial charge is 0.394 e. The first-order chi connectivity index (χ1) is 29.7. The molecule has 12 atom stereocenters. The maximum atomic E-state index is 13.6. The van der Waals surface area contributed by atoms with Gasteiger partial charge in [-0.2, -0.15) is 5.26 Å². The number of fused-ring (bicyclic) bond motifs is 1. The van der Waals surface area contributed by atoms with Gasteiger partial charge in [-0.3, -0.25) is 19.0 Å². The number of aromatic nitrogens is 3. The third kappa shape index (κ3) is 9.97. The second-order valence-corrected chi connectivity index (χ2v) is 15.9. The molecule has 3 amide bonds. The van der Waals surface area contributed by atoms with Gasteiger partial charge in [0.2, 0.25) is 11.8 Å². The number of aliphatic hydroxyl groups excluding tert-OH is 4. The molecule has 6 rings (SSSR count). The van der Waals surface area contributed by atoms with Crippen molar-refractivity contribution in [3.63, 3.8) is 0 Å². The van der Waals surface area contributed by atoms with Gasteiger partial charge in [0.1, 0.15) is 61.2 Å². The van der Waals surface area contributed by atoms with E-state index in [1.165, 1.54) is 27.5 Å². The number of anilines is 2. The molecule has 336 valence electrons. The maximum absolute atomic E-state index is 13.6. The highest BCUT2D eigenvalue weighted by Gasteiger charge is 2.53. The van der Waals surface area contributed by atoms with Crippen LogP contribution >= 0.6 is 12.2 Å². The van der Waals surface area contributed by atoms with Crippen molar-refractivity contribution in [2.75, 3.05) is 51.2 Å². The number of benzene rings is 1. The average molecular weight is 884 g/mol. The van der Waals surface area contributed by atoms with Crippen LogP contribution < -0.4 is 20.9 Å². The maximum Gasteiger partial charge on any atom is 0.252 e. The molecule has 4 unspecified atom stereocenters. The van der Waals surface area contributed by atoms with E-state index in [4.69, 9.17) is 41.2 Å². The lowest BCUT2D eigenvalue weighted by Crippen LogP contribution is -2.68. The van der Waals surface area contributed by atoms with Crippen LogP contribution in [0.4, 0.5) is 11.5 Å². The molecule has 62 heavy (non-hydrogen) atoms. The Morgan fingerprint density at radius 1 is 1.03 bits per heavy atom. The van der Waals surface area contributed by atoms with Crippen LogP contribution in [-0.4, -0.2) is 171 Å². The second kappa shape index (κ2) is 20.5. The monoisotopic (exact) mass is 883 g/mol. The quantitative estimate of drug-likeness (QED) is 0.101. The minimum atomic E-state index is -1.76. The minimum absolute atomic E-state index is 0.0281. The molecule has 3 saturated heterocycles. The minimum Gasteiger partial charge on any atom is -0.394 e. The molecule has 2 aromatic heterocycles. The summed E-state index contributed by atoms with van der Waals surface area (Å²) < 4.78 is 29.8. The van der Waals surface area contributed by atoms with Gasteiger partial charge in [-0.15, -0.1) is 0 Å². The molecule has 3 aromatic rings. The molecule has 0 saturated carbocycles. The Kier molecular flexibility index (Phi) is 15.4. The zero-order valence-electron chi connectivity index (χ0n) is 34.9. The number of rotatable bonds is 13. The lowest BCUT2D eigenvalue weighted by molar-refractivity contribution is -0.338. The Bertz CT molecular complexity index is 2110. The first-order valence-electron chi connectivity index (χ1n) is 20.0. The fourth-order valence-corrected chi connectivity index (χ4v) is 8.34. The molecule has 0 radical (unpaired) electrons. The number of likely N-dealkylation sites (tertiary alicyclic amines) is 1. The zero-order chi connectivity index (χ0) is 44.8. The number of hydrogen-bond donors (Lipinski definition) is 7. The highest BCUT2D eigenvalue weighted by atomic mass is 32.1. The van der Waals surface area contributed by atoms with Gasteiger partial charge < -0.3 is 69.9 Å². The summed E-state index contributed by atoms with van der Waals surface area (Å²) in [4.78, 5) is 51.0. The Labute approximate surface area is 362 Å². The molecule has 3 fully saturated rings. The van der Waals surface area contributed by atoms with Gasteiger partial charge in [0.25, 0.3) is 5.91 Å². The standard InChI is InChI=1S/C40H53N9O12S/c1-20-11-14-48(27(52)10-13-41)17-25(20)47(3)35-24-12-15-49(36(24)44-19-43-35)40(62)46-23-8-6-22(7-9-23)16-42-37(56)34-33(57-4)30(54)31(55)39(61-34)60-32-28(45-21(2)51)38(58-5)59-26(18-50)29(32)53/h6-9,12,15,19-20,25-26,28-34,38-39,50,53-55H,10-11,14,16-18H2,1-5H3,(H,42,56)(H,45,51)(H,46,62)/t20-,25+,26?,28?,29-,30-,31?,32-,33+,34?,38-,39-/m1/s1. The van der Waals surface area contributed by atoms with E-state index >= 15 is 0 Å². The van der Waals surface area contributed by atoms with E-state index in [9.17, 15) is 34.8 Å². The normalized spacial score (nSPS) is 30.0. The number of nitrogens with zero attached hydrogens (tertiary/aromatic N) is 6. The van der Waals surface area contributed by atoms with Crippen LogP contribution in [0.15, 0.2) is 42.9 Å². The van der Waals surface area contributed by atoms with Gasteiger partial charge in [0, 0.05) is 59.7 Å². The summed E-state index contributed by atoms with van der Waals surface area (Å²) in [6.45, 7) is 3.84. The summed E-state index contributed by atoms with van der Waals surface area (Å²) >= 11 is 5.77. The van der Waals surface area contributed by atoms with Crippen LogP contribution in [0.5, 0.6) is 0 Å². The van der Waals surface area contributed by atoms with Crippen LogP contribution in [0.25, 0.3) is 11.0 Å². The van der Waals surface area contributed by atoms with Crippen molar-refractivity contribution in [2.45, 2.75) is 101 Å². The Hall–Kier alpha value is -4.93. The van der Waals surface area contributed by atoms with Crippen molar-refractivity contribution in [2.24, 2.45) is 5.92 Å². The first-order valence-corrected chi connectivity index (χ1v) is 20.4. The molecular weight excluding hydrogens is 831 g/mol. The third-order valence-electron chi connectivity index (χ3n) is 11.5. The summed E-state index contributed by atoms with van der Waals surface area (Å²) in [5.41, 5.74) is 1.92. The molecule has 5 heterocycles. The number of carbonyl (C=O) groups excluding carboxylic acids is 3. The first kappa shape index (κ1) is 46.6. The summed E-state index contributed by atoms with van der Waals surface area (Å²) in [7, 11) is 4.46. The van der Waals surface area contributed by atoms with E-state index in [0.717, 1.165) is 11.8 Å². The SMILES string of the molecule is CO[C@@H]1OC(CO)[C@@H](O)[C@H](O[C@@H]2OC(C(=O)NCc3ccc(NC(=S)n4ccc5c(N(C)[C@H]6CN(C(=O)CC#N)CC[C@H]6C)ncnc54)cc3)[C@@H](OC)[C@H](O)C2O)C1NC(C)=O. The fraction of sp³-hybridized carbons (Fsp3) is 0.575. The number of nitrogens with one attached hydrogen (secondary N) is 3. The second-order valence-electron chi connectivity index (χ2n) is 15.5. The van der Waals surface area contributed by atoms with E-state index < -0.39 is 79.8 Å². The molecule has 22 heteroatoms. The highest BCUT2D eigenvalue weighted by molar-refractivity contribution is 7.80. The third-order valence-corrected chi connectivity index (χ3v) is 11.8. The molecule has 3 aliphatic heterocycles. The van der Waals surface area contributed by atoms with E-state index in [1.807, 2.05) is 19.2 Å². The van der Waals surface area contributed by atoms with Gasteiger partial charge in [-0.25, -0.2) is 9.97 Å². The van der Waals surface area contributed by atoms with Gasteiger partial charge in [0.15, 0.2) is 29.4 Å². The lowest BCUT2D eigenvalue weighted by atomic mass is 9.92. The Balaban J connectivity index is 1.09. The Morgan fingerprint density at radius 2 is 1.77 bits per heavy atom. The van der Waals surface area contributed by atoms with Gasteiger partial charge in [-0.1, -0.05) is 19.1 Å². The molecule has 7 N–H and O–H groups in total. The lowest BCUT2D eigenvalue weighted by Gasteiger charge is -2.47. The average Bonchev–Trinajstić information content (AvgIpc) is 3.71. The number of amides is 3. The smallest absolute Gasteiger partial charge is 0.252 e. The molecule has 3 aliphatic rings. The van der Waals surface area contributed by atoms with Gasteiger partial charge >= 0.3 is 0 Å². The number of hydrogen-bond acceptors (Lipinski definition) is 17. The highest BCUT2D eigenvalue weighted by Crippen LogP contribution is 2.32. The van der Waals surface area contributed by atoms with Crippen molar-refractivity contribution in [3.8, 4) is 6.07 Å². The molecule has 21 nitrogen and oxygen atoms in total. The number of ether oxygens (including phenoxy) is 5. The molecule has 0 bridgehead atoms. The topological polar surface area (TPSA) is 275 Å². The number of aliphatic hydroxyl groups is 4. The number of methoxy groups -OCH3 is 2. The number of nitriles is 1. The summed E-state index contributed by atoms with van der Waals surface area (Å²) in [5.74, 6) is -0.456. The molecule has 0 aliphatic carbocycles. The molecule has 1 aromatic carbocycles. The number of thiocarbonyl (C=S) groups is 1. The summed E-state index contributed by atoms with van der Waals surface area (Å²) in [6.07, 6.45) is -9.37. The van der Waals surface area contributed by atoms with E-state index in [2.05, 4.69) is 37.7 Å². The van der Waals surface area contributed by atoms with Crippen LogP contribution in [0.2, 0.25) is 0 Å². The van der Waals surface area contributed by atoms with Crippen molar-refractivity contribution < 1.29 is 58.5 Å². The Morgan fingerprint density at radius 3 is 2.44 bits per heavy atom. The molecule has 0 spiro atoms. The van der Waals surface area contributed by atoms with Gasteiger partial charge in [-0.05, 0) is 48.3 Å². The molecular formula is C40H53N9O12S. The fourth-order valence-electron chi connectivity index (χ4n) is 8.08. The van der Waals surface area contributed by atoms with E-state index in [0.29, 0.717) is 40.9 Å². The number of carbonyl (C=O) groups is 3. The van der Waals surface area contributed by atoms with Crippen molar-refractivity contribution in [1.29, 1.82) is 5.26 Å². The van der Waals surface area contributed by atoms with Crippen LogP contribution in [0.1, 0.15) is 32.3 Å². The van der Waals surface area contributed by atoms with Crippen LogP contribution in [-0.2, 0) is 44.6 Å². The predicted octanol–water partition coefficient (Wildman–Crippen LogP) is -1.04. The predicted molar refractivity (Wildman–Crippen MR) is 223 cm³/mol. The van der Waals surface area contributed by atoms with Crippen molar-refractivity contribution in [1.82, 2.24) is 30.1 Å². The number of piperidine rings is 1. The zero-order valence-corrected chi connectivity index (χ0v) is 35.7. The number of likely N-dealkylation sites (N-methyl/N-ethyl adjacent to an activating group) is 1. The van der Waals surface area contributed by atoms with Crippen molar-refractivity contribution >= 4 is 57.6 Å². The van der Waals surface area contributed by atoms with Crippen LogP contribution in [0, 0.1) is 17.2 Å². The summed E-state index contributed by atoms with van der Waals surface area (Å²) in [5, 5.41) is 61.5. The summed E-state index contributed by atoms with van der Waals surface area (Å²) in [6, 6.07) is 9.73. The van der Waals surface area contributed by atoms with Crippen LogP contribution in [0.3, 0.4) is 0 Å². The van der Waals surface area contributed by atoms with E-state index in [-0.39, 0.29) is 30.8 Å². The van der Waals surface area contributed by atoms with Gasteiger partial charge in [0.05, 0.1) is 24.1 Å². The van der Waals surface area contributed by atoms with E-state index in [1.54, 1.807) is 39.9 Å². The van der Waals surface area contributed by atoms with Crippen molar-refractivity contribution in [3.05, 3.63) is 48.4 Å².